The van der Waals surface area contributed by atoms with Crippen LogP contribution in [0.2, 0.25) is 0 Å². The number of amides is 1. The molecule has 2 aromatic heterocycles. The van der Waals surface area contributed by atoms with Crippen LogP contribution in [0.15, 0.2) is 60.8 Å². The minimum Gasteiger partial charge on any atom is -0.355 e. The first-order valence-corrected chi connectivity index (χ1v) is 9.01. The Morgan fingerprint density at radius 3 is 2.81 bits per heavy atom. The molecule has 1 aromatic carbocycles. The van der Waals surface area contributed by atoms with Crippen LogP contribution >= 0.6 is 0 Å². The number of carbonyl (C=O) groups excluding carboxylic acids is 1. The lowest BCUT2D eigenvalue weighted by Gasteiger charge is -2.38. The van der Waals surface area contributed by atoms with Gasteiger partial charge in [0.1, 0.15) is 11.5 Å². The van der Waals surface area contributed by atoms with Gasteiger partial charge in [0.05, 0.1) is 5.52 Å². The molecular formula is C21H22N4O. The topological polar surface area (TPSA) is 49.3 Å². The summed E-state index contributed by atoms with van der Waals surface area (Å²) in [5.74, 6) is 0.950. The zero-order valence-corrected chi connectivity index (χ0v) is 14.9. The van der Waals surface area contributed by atoms with Gasteiger partial charge in [-0.05, 0) is 37.1 Å². The molecule has 0 saturated carbocycles. The van der Waals surface area contributed by atoms with Gasteiger partial charge in [-0.3, -0.25) is 4.79 Å². The number of benzene rings is 1. The van der Waals surface area contributed by atoms with Gasteiger partial charge in [0.15, 0.2) is 0 Å². The van der Waals surface area contributed by atoms with E-state index in [4.69, 9.17) is 0 Å². The van der Waals surface area contributed by atoms with Gasteiger partial charge in [0.2, 0.25) is 0 Å². The standard InChI is InChI=1S/C21H22N4O/c1-24(17-8-6-14-25(15-17)20-10-4-5-13-22-20)21(26)19-12-11-16-7-2-3-9-18(16)23-19/h2-5,7,9-13,17H,6,8,14-15H2,1H3/t17-/m0/s1. The van der Waals surface area contributed by atoms with Gasteiger partial charge in [-0.1, -0.05) is 30.3 Å². The Balaban J connectivity index is 1.52. The molecule has 0 N–H and O–H groups in total. The molecule has 5 nitrogen and oxygen atoms in total. The summed E-state index contributed by atoms with van der Waals surface area (Å²) in [4.78, 5) is 26.0. The fourth-order valence-electron chi connectivity index (χ4n) is 3.55. The third-order valence-electron chi connectivity index (χ3n) is 5.06. The third-order valence-corrected chi connectivity index (χ3v) is 5.06. The number of anilines is 1. The molecule has 4 rings (SSSR count). The van der Waals surface area contributed by atoms with Gasteiger partial charge >= 0.3 is 0 Å². The van der Waals surface area contributed by atoms with E-state index in [1.807, 2.05) is 72.7 Å². The summed E-state index contributed by atoms with van der Waals surface area (Å²) in [7, 11) is 1.88. The Kier molecular flexibility index (Phi) is 4.52. The van der Waals surface area contributed by atoms with E-state index in [-0.39, 0.29) is 11.9 Å². The molecular weight excluding hydrogens is 324 g/mol. The number of pyridine rings is 2. The number of piperidine rings is 1. The summed E-state index contributed by atoms with van der Waals surface area (Å²) in [5.41, 5.74) is 1.35. The first kappa shape index (κ1) is 16.5. The summed E-state index contributed by atoms with van der Waals surface area (Å²) >= 11 is 0. The van der Waals surface area contributed by atoms with E-state index in [1.165, 1.54) is 0 Å². The van der Waals surface area contributed by atoms with Crippen molar-refractivity contribution < 1.29 is 4.79 Å². The minimum atomic E-state index is -0.0244. The minimum absolute atomic E-state index is 0.0244. The SMILES string of the molecule is CN(C(=O)c1ccc2ccccc2n1)[C@H]1CCCN(c2ccccn2)C1. The smallest absolute Gasteiger partial charge is 0.272 e. The highest BCUT2D eigenvalue weighted by Crippen LogP contribution is 2.21. The molecule has 132 valence electrons. The maximum atomic E-state index is 13.0. The zero-order chi connectivity index (χ0) is 17.9. The van der Waals surface area contributed by atoms with Gasteiger partial charge in [-0.15, -0.1) is 0 Å². The highest BCUT2D eigenvalue weighted by atomic mass is 16.2. The molecule has 26 heavy (non-hydrogen) atoms. The van der Waals surface area contributed by atoms with Gasteiger partial charge in [0.25, 0.3) is 5.91 Å². The normalized spacial score (nSPS) is 17.3. The molecule has 1 atom stereocenters. The lowest BCUT2D eigenvalue weighted by Crippen LogP contribution is -2.49. The molecule has 0 spiro atoms. The molecule has 3 heterocycles. The van der Waals surface area contributed by atoms with Crippen LogP contribution < -0.4 is 4.90 Å². The lowest BCUT2D eigenvalue weighted by molar-refractivity contribution is 0.0711. The molecule has 0 bridgehead atoms. The predicted molar refractivity (Wildman–Crippen MR) is 103 cm³/mol. The fraction of sp³-hybridized carbons (Fsp3) is 0.286. The lowest BCUT2D eigenvalue weighted by atomic mass is 10.0. The van der Waals surface area contributed by atoms with Crippen LogP contribution in [-0.2, 0) is 0 Å². The largest absolute Gasteiger partial charge is 0.355 e. The van der Waals surface area contributed by atoms with Gasteiger partial charge < -0.3 is 9.80 Å². The number of rotatable bonds is 3. The van der Waals surface area contributed by atoms with Crippen molar-refractivity contribution in [1.29, 1.82) is 0 Å². The van der Waals surface area contributed by atoms with Crippen molar-refractivity contribution in [2.75, 3.05) is 25.0 Å². The number of carbonyl (C=O) groups is 1. The van der Waals surface area contributed by atoms with Crippen molar-refractivity contribution in [2.24, 2.45) is 0 Å². The monoisotopic (exact) mass is 346 g/mol. The van der Waals surface area contributed by atoms with Crippen LogP contribution in [0.5, 0.6) is 0 Å². The second-order valence-electron chi connectivity index (χ2n) is 6.74. The van der Waals surface area contributed by atoms with E-state index >= 15 is 0 Å². The van der Waals surface area contributed by atoms with E-state index in [1.54, 1.807) is 0 Å². The zero-order valence-electron chi connectivity index (χ0n) is 14.9. The van der Waals surface area contributed by atoms with E-state index in [0.29, 0.717) is 5.69 Å². The molecule has 1 fully saturated rings. The third kappa shape index (κ3) is 3.25. The predicted octanol–water partition coefficient (Wildman–Crippen LogP) is 3.37. The van der Waals surface area contributed by atoms with Crippen LogP contribution in [-0.4, -0.2) is 47.0 Å². The van der Waals surface area contributed by atoms with Crippen molar-refractivity contribution in [3.63, 3.8) is 0 Å². The quantitative estimate of drug-likeness (QED) is 0.730. The summed E-state index contributed by atoms with van der Waals surface area (Å²) in [5, 5.41) is 1.05. The number of likely N-dealkylation sites (N-methyl/N-ethyl adjacent to an activating group) is 1. The molecule has 1 amide bonds. The Labute approximate surface area is 153 Å². The molecule has 0 unspecified atom stereocenters. The second kappa shape index (κ2) is 7.12. The molecule has 0 aliphatic carbocycles. The Morgan fingerprint density at radius 1 is 1.12 bits per heavy atom. The first-order chi connectivity index (χ1) is 12.7. The Morgan fingerprint density at radius 2 is 1.96 bits per heavy atom. The van der Waals surface area contributed by atoms with E-state index in [0.717, 1.165) is 42.7 Å². The summed E-state index contributed by atoms with van der Waals surface area (Å²) in [6.07, 6.45) is 3.86. The highest BCUT2D eigenvalue weighted by Gasteiger charge is 2.27. The average molecular weight is 346 g/mol. The summed E-state index contributed by atoms with van der Waals surface area (Å²) in [6.45, 7) is 1.77. The second-order valence-corrected chi connectivity index (χ2v) is 6.74. The molecule has 1 aliphatic heterocycles. The van der Waals surface area contributed by atoms with E-state index < -0.39 is 0 Å². The number of aromatic nitrogens is 2. The number of fused-ring (bicyclic) bond motifs is 1. The van der Waals surface area contributed by atoms with Gasteiger partial charge in [-0.25, -0.2) is 9.97 Å². The number of nitrogens with zero attached hydrogens (tertiary/aromatic N) is 4. The van der Waals surface area contributed by atoms with Crippen LogP contribution in [0.3, 0.4) is 0 Å². The number of hydrogen-bond acceptors (Lipinski definition) is 4. The van der Waals surface area contributed by atoms with Gasteiger partial charge in [-0.2, -0.15) is 0 Å². The summed E-state index contributed by atoms with van der Waals surface area (Å²) < 4.78 is 0. The molecule has 3 aromatic rings. The van der Waals surface area contributed by atoms with Crippen molar-refractivity contribution in [2.45, 2.75) is 18.9 Å². The molecule has 1 aliphatic rings. The maximum absolute atomic E-state index is 13.0. The maximum Gasteiger partial charge on any atom is 0.272 e. The van der Waals surface area contributed by atoms with Gasteiger partial charge in [0, 0.05) is 37.8 Å². The van der Waals surface area contributed by atoms with Crippen LogP contribution in [0.25, 0.3) is 10.9 Å². The highest BCUT2D eigenvalue weighted by molar-refractivity contribution is 5.95. The Bertz CT molecular complexity index is 912. The molecule has 1 saturated heterocycles. The first-order valence-electron chi connectivity index (χ1n) is 9.01. The van der Waals surface area contributed by atoms with Crippen molar-refractivity contribution in [1.82, 2.24) is 14.9 Å². The van der Waals surface area contributed by atoms with Crippen LogP contribution in [0.1, 0.15) is 23.3 Å². The van der Waals surface area contributed by atoms with E-state index in [9.17, 15) is 4.79 Å². The van der Waals surface area contributed by atoms with Crippen LogP contribution in [0, 0.1) is 0 Å². The van der Waals surface area contributed by atoms with Crippen molar-refractivity contribution >= 4 is 22.6 Å². The van der Waals surface area contributed by atoms with Crippen LogP contribution in [0.4, 0.5) is 5.82 Å². The molecule has 0 radical (unpaired) electrons. The Hall–Kier alpha value is -2.95. The van der Waals surface area contributed by atoms with E-state index in [2.05, 4.69) is 14.9 Å². The fourth-order valence-corrected chi connectivity index (χ4v) is 3.55. The summed E-state index contributed by atoms with van der Waals surface area (Å²) in [6, 6.07) is 17.8. The molecule has 5 heteroatoms. The van der Waals surface area contributed by atoms with Crippen molar-refractivity contribution in [3.05, 3.63) is 66.5 Å². The number of hydrogen-bond donors (Lipinski definition) is 0. The number of para-hydroxylation sites is 1. The average Bonchev–Trinajstić information content (AvgIpc) is 2.73. The van der Waals surface area contributed by atoms with Crippen molar-refractivity contribution in [3.8, 4) is 0 Å².